The van der Waals surface area contributed by atoms with Gasteiger partial charge in [-0.25, -0.2) is 24.5 Å². The van der Waals surface area contributed by atoms with Gasteiger partial charge in [-0.3, -0.25) is 32.5 Å². The summed E-state index contributed by atoms with van der Waals surface area (Å²) in [7, 11) is -3.21. The molecule has 23 heteroatoms. The smallest absolute Gasteiger partial charge is 0.386 e. The van der Waals surface area contributed by atoms with Gasteiger partial charge in [-0.05, 0) is 12.8 Å². The van der Waals surface area contributed by atoms with Gasteiger partial charge in [-0.2, -0.15) is 4.98 Å². The highest BCUT2D eigenvalue weighted by Crippen LogP contribution is 2.62. The first-order valence-corrected chi connectivity index (χ1v) is 17.6. The van der Waals surface area contributed by atoms with E-state index in [4.69, 9.17) is 39.0 Å². The number of nitrogens with two attached hydrogens (primary N) is 2. The van der Waals surface area contributed by atoms with Crippen molar-refractivity contribution in [2.24, 2.45) is 5.92 Å². The number of imidazole rings is 2. The molecule has 9 unspecified atom stereocenters. The Hall–Kier alpha value is -2.97. The predicted molar refractivity (Wildman–Crippen MR) is 155 cm³/mol. The number of nitrogens with zero attached hydrogens (tertiary/aromatic N) is 7. The van der Waals surface area contributed by atoms with Gasteiger partial charge in [0.05, 0.1) is 25.9 Å². The van der Waals surface area contributed by atoms with E-state index in [1.807, 2.05) is 0 Å². The fourth-order valence-electron chi connectivity index (χ4n) is 6.53. The topological polar surface area (TPSA) is 269 Å². The van der Waals surface area contributed by atoms with E-state index in [0.717, 1.165) is 0 Å². The van der Waals surface area contributed by atoms with Crippen LogP contribution in [0, 0.1) is 5.92 Å². The molecule has 4 bridgehead atoms. The zero-order valence-corrected chi connectivity index (χ0v) is 25.7. The van der Waals surface area contributed by atoms with E-state index < -0.39 is 69.7 Å². The average Bonchev–Trinajstić information content (AvgIpc) is 3.80. The maximum absolute atomic E-state index is 13.7. The van der Waals surface area contributed by atoms with Gasteiger partial charge in [0.2, 0.25) is 5.95 Å². The van der Waals surface area contributed by atoms with Crippen molar-refractivity contribution in [3.05, 3.63) is 29.3 Å². The summed E-state index contributed by atoms with van der Waals surface area (Å²) in [5.41, 5.74) is 10.6. The zero-order valence-electron chi connectivity index (χ0n) is 22.9. The molecule has 0 amide bonds. The predicted octanol–water partition coefficient (Wildman–Crippen LogP) is 0.305. The van der Waals surface area contributed by atoms with E-state index in [1.54, 1.807) is 4.57 Å². The van der Waals surface area contributed by atoms with Crippen molar-refractivity contribution in [2.75, 3.05) is 24.7 Å². The van der Waals surface area contributed by atoms with Crippen LogP contribution in [0.15, 0.2) is 23.8 Å². The van der Waals surface area contributed by atoms with Crippen LogP contribution < -0.4 is 17.0 Å². The minimum absolute atomic E-state index is 0.0136. The highest BCUT2D eigenvalue weighted by Gasteiger charge is 2.63. The van der Waals surface area contributed by atoms with Crippen LogP contribution in [0.4, 0.5) is 11.8 Å². The first-order valence-electron chi connectivity index (χ1n) is 13.7. The molecule has 3 aliphatic heterocycles. The van der Waals surface area contributed by atoms with Crippen molar-refractivity contribution in [1.82, 2.24) is 39.0 Å². The maximum atomic E-state index is 13.7. The molecule has 3 saturated heterocycles. The number of nitrogen functional groups attached to an aromatic ring is 2. The van der Waals surface area contributed by atoms with Crippen molar-refractivity contribution < 1.29 is 41.8 Å². The summed E-state index contributed by atoms with van der Waals surface area (Å²) >= 11 is 4.20. The lowest BCUT2D eigenvalue weighted by atomic mass is 10.0. The zero-order chi connectivity index (χ0) is 31.2. The Morgan fingerprint density at radius 1 is 1.13 bits per heavy atom. The lowest BCUT2D eigenvalue weighted by Crippen LogP contribution is -2.42. The third-order valence-electron chi connectivity index (χ3n) is 8.54. The standard InChI is InChI=1S/C22H26N10O10P2S/c23-15-10-16(26-5-25-15)31(6-27-10)19-8-1-2-22(40-19)4-38-44(36,45)42-13-12(33)9(3-37-43(35)41-14(8)22)39-20(13)32-7-28-11-17(32)29-21(24)30-18(11)34/h5-9,12-14,19-20,33,43H,1-4H2,(H,36,45)(H2,23,25,26)(H3,24,29,30,34)/t8?,9?,12?,13?,14?,19?,20?,22?,44-/m1/s1. The molecule has 10 atom stereocenters. The highest BCUT2D eigenvalue weighted by atomic mass is 32.7. The van der Waals surface area contributed by atoms with Crippen molar-refractivity contribution in [1.29, 1.82) is 0 Å². The Morgan fingerprint density at radius 3 is 2.73 bits per heavy atom. The Balaban J connectivity index is 1.12. The Labute approximate surface area is 257 Å². The molecule has 4 aromatic heterocycles. The molecule has 240 valence electrons. The third-order valence-corrected chi connectivity index (χ3v) is 11.0. The number of aliphatic hydroxyl groups excluding tert-OH is 1. The summed E-state index contributed by atoms with van der Waals surface area (Å²) in [6, 6.07) is 0. The van der Waals surface area contributed by atoms with Crippen LogP contribution in [0.2, 0.25) is 0 Å². The van der Waals surface area contributed by atoms with Crippen molar-refractivity contribution in [3.8, 4) is 0 Å². The van der Waals surface area contributed by atoms with Gasteiger partial charge in [-0.1, -0.05) is 12.2 Å². The molecule has 6 N–H and O–H groups in total. The summed E-state index contributed by atoms with van der Waals surface area (Å²) in [5, 5.41) is 11.2. The average molecular weight is 685 g/mol. The molecular weight excluding hydrogens is 658 g/mol. The summed E-state index contributed by atoms with van der Waals surface area (Å²) in [6.07, 6.45) is -1.76. The normalized spacial score (nSPS) is 38.6. The third kappa shape index (κ3) is 4.72. The number of fused-ring (bicyclic) bond motifs is 4. The molecule has 45 heavy (non-hydrogen) atoms. The van der Waals surface area contributed by atoms with E-state index in [1.165, 1.54) is 23.5 Å². The lowest BCUT2D eigenvalue weighted by Gasteiger charge is -2.33. The highest BCUT2D eigenvalue weighted by molar-refractivity contribution is 8.44. The minimum Gasteiger partial charge on any atom is -0.387 e. The molecule has 7 heterocycles. The number of hydrogen-bond acceptors (Lipinski definition) is 17. The number of H-pyrrole nitrogens is 1. The molecule has 0 radical (unpaired) electrons. The van der Waals surface area contributed by atoms with E-state index in [9.17, 15) is 19.0 Å². The molecule has 20 nitrogen and oxygen atoms in total. The van der Waals surface area contributed by atoms with Gasteiger partial charge in [0, 0.05) is 5.92 Å². The van der Waals surface area contributed by atoms with Crippen LogP contribution in [0.5, 0.6) is 0 Å². The molecule has 4 aromatic rings. The number of anilines is 2. The van der Waals surface area contributed by atoms with Crippen LogP contribution >= 0.6 is 27.3 Å². The Kier molecular flexibility index (Phi) is 6.89. The molecule has 1 saturated carbocycles. The van der Waals surface area contributed by atoms with E-state index in [-0.39, 0.29) is 35.5 Å². The summed E-state index contributed by atoms with van der Waals surface area (Å²) in [5.74, 6) is -0.351. The SMILES string of the molecule is Nc1nc2c(ncn2C2OC3CO[PH](=O)OC4C5CCC4(CO[P@@](=O)(S)OC2C3O)OC5n2cnc3c(N)ncnc32)c(=O)[nH]1. The quantitative estimate of drug-likeness (QED) is 0.140. The number of thiol groups is 1. The van der Waals surface area contributed by atoms with E-state index in [0.29, 0.717) is 24.0 Å². The molecule has 1 aliphatic carbocycles. The summed E-state index contributed by atoms with van der Waals surface area (Å²) in [4.78, 5) is 35.5. The second kappa shape index (κ2) is 10.5. The van der Waals surface area contributed by atoms with E-state index in [2.05, 4.69) is 42.2 Å². The number of ether oxygens (including phenoxy) is 2. The lowest BCUT2D eigenvalue weighted by molar-refractivity contribution is -0.134. The van der Waals surface area contributed by atoms with Crippen molar-refractivity contribution >= 4 is 61.4 Å². The van der Waals surface area contributed by atoms with Gasteiger partial charge in [0.1, 0.15) is 48.1 Å². The first kappa shape index (κ1) is 29.4. The fourth-order valence-corrected chi connectivity index (χ4v) is 8.97. The van der Waals surface area contributed by atoms with Gasteiger partial charge >= 0.3 is 15.1 Å². The second-order valence-electron chi connectivity index (χ2n) is 11.1. The van der Waals surface area contributed by atoms with E-state index >= 15 is 0 Å². The van der Waals surface area contributed by atoms with Crippen LogP contribution in [-0.2, 0) is 36.7 Å². The van der Waals surface area contributed by atoms with Crippen molar-refractivity contribution in [2.45, 2.75) is 55.3 Å². The van der Waals surface area contributed by atoms with Crippen LogP contribution in [0.1, 0.15) is 25.3 Å². The molecular formula is C22H26N10O10P2S. The number of rotatable bonds is 2. The second-order valence-corrected chi connectivity index (χ2v) is 15.0. The number of aliphatic hydroxyl groups is 1. The van der Waals surface area contributed by atoms with Crippen LogP contribution in [0.25, 0.3) is 22.3 Å². The van der Waals surface area contributed by atoms with Gasteiger partial charge in [-0.15, -0.1) is 0 Å². The maximum Gasteiger partial charge on any atom is 0.386 e. The van der Waals surface area contributed by atoms with Crippen molar-refractivity contribution in [3.63, 3.8) is 0 Å². The fraction of sp³-hybridized carbons (Fsp3) is 0.545. The Bertz CT molecular complexity index is 1960. The number of aromatic nitrogens is 8. The van der Waals surface area contributed by atoms with Gasteiger partial charge < -0.3 is 35.1 Å². The van der Waals surface area contributed by atoms with Crippen LogP contribution in [-0.4, -0.2) is 87.4 Å². The van der Waals surface area contributed by atoms with Gasteiger partial charge in [0.25, 0.3) is 5.56 Å². The van der Waals surface area contributed by atoms with Gasteiger partial charge in [0.15, 0.2) is 28.9 Å². The summed E-state index contributed by atoms with van der Waals surface area (Å²) in [6.45, 7) is -5.02. The first-order chi connectivity index (χ1) is 21.5. The molecule has 0 spiro atoms. The number of nitrogens with one attached hydrogen (secondary N) is 1. The Morgan fingerprint density at radius 2 is 1.91 bits per heavy atom. The summed E-state index contributed by atoms with van der Waals surface area (Å²) < 4.78 is 65.6. The van der Waals surface area contributed by atoms with Crippen LogP contribution in [0.3, 0.4) is 0 Å². The molecule has 0 aromatic carbocycles. The minimum atomic E-state index is -4.28. The number of hydrogen-bond donors (Lipinski definition) is 5. The monoisotopic (exact) mass is 684 g/mol. The number of aromatic amines is 1. The molecule has 4 fully saturated rings. The molecule has 4 aliphatic rings. The largest absolute Gasteiger partial charge is 0.387 e. The molecule has 8 rings (SSSR count).